The Morgan fingerprint density at radius 2 is 1.81 bits per heavy atom. The molecule has 1 saturated carbocycles. The molecule has 57 heavy (non-hydrogen) atoms. The number of nitrogens with zero attached hydrogens (tertiary/aromatic N) is 6. The molecule has 4 saturated heterocycles. The number of amides is 2. The molecule has 2 atom stereocenters. The number of alkyl halides is 2. The summed E-state index contributed by atoms with van der Waals surface area (Å²) < 4.78 is 78.1. The maximum absolute atomic E-state index is 17.3. The Kier molecular flexibility index (Phi) is 9.43. The number of phenols is 1. The van der Waals surface area contributed by atoms with Gasteiger partial charge in [0.25, 0.3) is 0 Å². The molecule has 2 N–H and O–H groups in total. The number of fused-ring (bicyclic) bond motifs is 4. The smallest absolute Gasteiger partial charge is 0.319 e. The Morgan fingerprint density at radius 1 is 1.07 bits per heavy atom. The number of carbonyl (C=O) groups is 1. The molecule has 2 aromatic carbocycles. The second kappa shape index (κ2) is 14.4. The van der Waals surface area contributed by atoms with Crippen LogP contribution in [-0.2, 0) is 4.74 Å². The van der Waals surface area contributed by atoms with E-state index in [4.69, 9.17) is 25.6 Å². The third-order valence-corrected chi connectivity index (χ3v) is 12.2. The number of piperazine rings is 1. The molecule has 4 aliphatic heterocycles. The van der Waals surface area contributed by atoms with Crippen molar-refractivity contribution in [1.82, 2.24) is 30.1 Å². The number of halogens is 4. The van der Waals surface area contributed by atoms with Gasteiger partial charge in [0.05, 0.1) is 51.1 Å². The number of rotatable bonds is 10. The number of piperidine rings is 1. The fraction of sp³-hybridized carbons (Fsp3) is 0.512. The highest BCUT2D eigenvalue weighted by Crippen LogP contribution is 2.48. The van der Waals surface area contributed by atoms with Crippen LogP contribution in [0.5, 0.6) is 17.6 Å². The highest BCUT2D eigenvalue weighted by Gasteiger charge is 2.47. The maximum atomic E-state index is 17.3. The Labute approximate surface area is 326 Å². The number of phenolic OH excluding ortho intramolecular Hbond substituents is 1. The Hall–Kier alpha value is -5.14. The van der Waals surface area contributed by atoms with Gasteiger partial charge in [-0.25, -0.2) is 27.3 Å². The van der Waals surface area contributed by atoms with Crippen LogP contribution < -0.4 is 19.7 Å². The number of terminal acetylenes is 1. The van der Waals surface area contributed by atoms with Crippen LogP contribution in [0.15, 0.2) is 24.3 Å². The molecule has 16 heteroatoms. The van der Waals surface area contributed by atoms with Crippen molar-refractivity contribution in [2.45, 2.75) is 62.4 Å². The number of likely N-dealkylation sites (tertiary alicyclic amines) is 1. The van der Waals surface area contributed by atoms with Gasteiger partial charge in [-0.05, 0) is 62.1 Å². The third-order valence-electron chi connectivity index (χ3n) is 12.2. The lowest BCUT2D eigenvalue weighted by Crippen LogP contribution is -2.61. The lowest BCUT2D eigenvalue weighted by molar-refractivity contribution is -0.126. The van der Waals surface area contributed by atoms with Crippen molar-refractivity contribution >= 4 is 33.5 Å². The van der Waals surface area contributed by atoms with Crippen LogP contribution in [0.4, 0.5) is 28.2 Å². The summed E-state index contributed by atoms with van der Waals surface area (Å²) >= 11 is 0. The molecule has 1 aliphatic carbocycles. The quantitative estimate of drug-likeness (QED) is 0.157. The molecule has 9 rings (SSSR count). The van der Waals surface area contributed by atoms with Gasteiger partial charge in [0.2, 0.25) is 5.88 Å². The van der Waals surface area contributed by atoms with Crippen LogP contribution in [0.1, 0.15) is 44.1 Å². The minimum atomic E-state index is -1.58. The van der Waals surface area contributed by atoms with Crippen LogP contribution >= 0.6 is 0 Å². The normalized spacial score (nSPS) is 22.7. The first kappa shape index (κ1) is 37.4. The molecule has 6 heterocycles. The van der Waals surface area contributed by atoms with Crippen LogP contribution in [0.3, 0.4) is 0 Å². The van der Waals surface area contributed by atoms with Gasteiger partial charge in [0, 0.05) is 49.1 Å². The van der Waals surface area contributed by atoms with Gasteiger partial charge in [0.15, 0.2) is 11.5 Å². The lowest BCUT2D eigenvalue weighted by Gasteiger charge is -2.42. The molecular formula is C41H43F4N7O5. The summed E-state index contributed by atoms with van der Waals surface area (Å²) in [6, 6.07) is 4.35. The van der Waals surface area contributed by atoms with E-state index in [1.165, 1.54) is 31.4 Å². The number of aromatic nitrogens is 3. The maximum Gasteiger partial charge on any atom is 0.319 e. The van der Waals surface area contributed by atoms with Gasteiger partial charge in [-0.1, -0.05) is 12.0 Å². The van der Waals surface area contributed by atoms with Crippen molar-refractivity contribution in [3.8, 4) is 41.2 Å². The van der Waals surface area contributed by atoms with E-state index in [0.717, 1.165) is 19.4 Å². The average molecular weight is 790 g/mol. The molecule has 12 nitrogen and oxygen atoms in total. The topological polar surface area (TPSA) is 125 Å². The minimum absolute atomic E-state index is 0.0310. The molecule has 2 bridgehead atoms. The van der Waals surface area contributed by atoms with E-state index in [-0.39, 0.29) is 101 Å². The van der Waals surface area contributed by atoms with Crippen LogP contribution in [0.2, 0.25) is 0 Å². The predicted octanol–water partition coefficient (Wildman–Crippen LogP) is 5.51. The SMILES string of the molecule is C#Cc1c(F)ccc2cc(O)cc(-c3nc(OC)c4c(N5CC6CCC(C5)N6C(=O)NCC5(F)COC5)nc(OCC5(CN6CCC(F)CC6)CC5)nc4c3F)c12. The largest absolute Gasteiger partial charge is 0.508 e. The second-order valence-electron chi connectivity index (χ2n) is 16.2. The number of carbonyl (C=O) groups excluding carboxylic acids is 1. The van der Waals surface area contributed by atoms with Gasteiger partial charge < -0.3 is 39.3 Å². The number of aromatic hydroxyl groups is 1. The fourth-order valence-corrected chi connectivity index (χ4v) is 8.91. The van der Waals surface area contributed by atoms with E-state index >= 15 is 8.78 Å². The number of nitrogens with one attached hydrogen (secondary N) is 1. The average Bonchev–Trinajstić information content (AvgIpc) is 3.91. The Bertz CT molecular complexity index is 2280. The minimum Gasteiger partial charge on any atom is -0.508 e. The van der Waals surface area contributed by atoms with Crippen LogP contribution in [0.25, 0.3) is 32.9 Å². The highest BCUT2D eigenvalue weighted by atomic mass is 19.1. The van der Waals surface area contributed by atoms with E-state index in [1.54, 1.807) is 4.90 Å². The van der Waals surface area contributed by atoms with Gasteiger partial charge in [0.1, 0.15) is 40.2 Å². The summed E-state index contributed by atoms with van der Waals surface area (Å²) in [7, 11) is 1.38. The van der Waals surface area contributed by atoms with E-state index in [1.807, 2.05) is 4.90 Å². The first-order chi connectivity index (χ1) is 27.5. The molecule has 5 fully saturated rings. The molecule has 300 valence electrons. The number of urea groups is 1. The molecule has 5 aliphatic rings. The first-order valence-electron chi connectivity index (χ1n) is 19.4. The summed E-state index contributed by atoms with van der Waals surface area (Å²) in [6.07, 6.45) is 9.15. The van der Waals surface area contributed by atoms with E-state index in [9.17, 15) is 18.7 Å². The third kappa shape index (κ3) is 6.88. The van der Waals surface area contributed by atoms with Crippen molar-refractivity contribution in [2.24, 2.45) is 5.41 Å². The van der Waals surface area contributed by atoms with Crippen molar-refractivity contribution in [2.75, 3.05) is 71.1 Å². The highest BCUT2D eigenvalue weighted by molar-refractivity contribution is 6.04. The zero-order valence-electron chi connectivity index (χ0n) is 31.5. The van der Waals surface area contributed by atoms with Gasteiger partial charge in [-0.3, -0.25) is 0 Å². The summed E-state index contributed by atoms with van der Waals surface area (Å²) in [5.74, 6) is 0.815. The monoisotopic (exact) mass is 789 g/mol. The summed E-state index contributed by atoms with van der Waals surface area (Å²) in [5.41, 5.74) is -2.31. The van der Waals surface area contributed by atoms with Gasteiger partial charge in [-0.15, -0.1) is 6.42 Å². The van der Waals surface area contributed by atoms with Gasteiger partial charge in [-0.2, -0.15) is 9.97 Å². The zero-order valence-corrected chi connectivity index (χ0v) is 31.5. The summed E-state index contributed by atoms with van der Waals surface area (Å²) in [4.78, 5) is 33.4. The standard InChI is InChI=1S/C41H43F4N7O5/c1-3-28-30(43)7-4-23-14-27(53)15-29(31(23)28)34-33(44)35-32(37(47-34)55-2)36(49-38(48-35)57-20-40(10-11-40)19-50-12-8-24(42)9-13-50)51-16-25-5-6-26(17-51)52(25)39(54)46-18-41(45)21-56-22-41/h1,4,7,14-15,24-26,53H,5-6,8-13,16-22H2,2H3,(H,46,54). The van der Waals surface area contributed by atoms with Crippen molar-refractivity contribution in [3.05, 3.63) is 41.5 Å². The number of benzene rings is 2. The van der Waals surface area contributed by atoms with E-state index in [2.05, 4.69) is 26.1 Å². The number of pyridine rings is 1. The molecule has 0 radical (unpaired) electrons. The van der Waals surface area contributed by atoms with E-state index in [0.29, 0.717) is 63.1 Å². The van der Waals surface area contributed by atoms with Crippen molar-refractivity contribution < 1.29 is 41.7 Å². The predicted molar refractivity (Wildman–Crippen MR) is 203 cm³/mol. The molecule has 4 aromatic rings. The zero-order chi connectivity index (χ0) is 39.6. The molecule has 2 unspecified atom stereocenters. The Balaban J connectivity index is 1.11. The molecule has 2 amide bonds. The molecular weight excluding hydrogens is 746 g/mol. The summed E-state index contributed by atoms with van der Waals surface area (Å²) in [5, 5.41) is 14.2. The summed E-state index contributed by atoms with van der Waals surface area (Å²) in [6.45, 7) is 2.71. The fourth-order valence-electron chi connectivity index (χ4n) is 8.91. The number of anilines is 1. The van der Waals surface area contributed by atoms with Crippen molar-refractivity contribution in [1.29, 1.82) is 0 Å². The molecule has 0 spiro atoms. The molecule has 2 aromatic heterocycles. The number of hydrogen-bond acceptors (Lipinski definition) is 10. The van der Waals surface area contributed by atoms with Crippen LogP contribution in [-0.4, -0.2) is 126 Å². The van der Waals surface area contributed by atoms with Crippen LogP contribution in [0, 0.1) is 29.4 Å². The van der Waals surface area contributed by atoms with E-state index < -0.39 is 23.5 Å². The Morgan fingerprint density at radius 3 is 2.46 bits per heavy atom. The van der Waals surface area contributed by atoms with Crippen molar-refractivity contribution in [3.63, 3.8) is 0 Å². The second-order valence-corrected chi connectivity index (χ2v) is 16.2. The number of hydrogen-bond donors (Lipinski definition) is 2. The lowest BCUT2D eigenvalue weighted by atomic mass is 9.95. The first-order valence-corrected chi connectivity index (χ1v) is 19.4. The number of ether oxygens (including phenoxy) is 3. The van der Waals surface area contributed by atoms with Gasteiger partial charge >= 0.3 is 12.0 Å². The number of methoxy groups -OCH3 is 1.